The van der Waals surface area contributed by atoms with Crippen molar-refractivity contribution in [2.75, 3.05) is 6.61 Å². The van der Waals surface area contributed by atoms with Crippen LogP contribution in [-0.4, -0.2) is 6.61 Å². The highest BCUT2D eigenvalue weighted by molar-refractivity contribution is 6.30. The third-order valence-corrected chi connectivity index (χ3v) is 3.01. The van der Waals surface area contributed by atoms with Crippen molar-refractivity contribution < 1.29 is 4.74 Å². The van der Waals surface area contributed by atoms with Gasteiger partial charge in [0.15, 0.2) is 0 Å². The van der Waals surface area contributed by atoms with Gasteiger partial charge in [-0.05, 0) is 30.5 Å². The van der Waals surface area contributed by atoms with Crippen LogP contribution in [-0.2, 0) is 6.42 Å². The van der Waals surface area contributed by atoms with Crippen LogP contribution in [0.5, 0.6) is 5.75 Å². The largest absolute Gasteiger partial charge is 0.492 e. The lowest BCUT2D eigenvalue weighted by molar-refractivity contribution is 0.310. The average Bonchev–Trinajstić information content (AvgIpc) is 2.45. The number of rotatable bonds is 5. The van der Waals surface area contributed by atoms with E-state index >= 15 is 0 Å². The third kappa shape index (κ3) is 4.01. The monoisotopic (exact) mass is 271 g/mol. The lowest BCUT2D eigenvalue weighted by Crippen LogP contribution is -2.00. The van der Waals surface area contributed by atoms with Crippen molar-refractivity contribution in [3.05, 3.63) is 64.7 Å². The van der Waals surface area contributed by atoms with E-state index in [-0.39, 0.29) is 0 Å². The summed E-state index contributed by atoms with van der Waals surface area (Å²) < 4.78 is 5.62. The molecule has 0 heterocycles. The molecular weight excluding hydrogens is 258 g/mol. The maximum Gasteiger partial charge on any atom is 0.138 e. The molecule has 19 heavy (non-hydrogen) atoms. The predicted molar refractivity (Wildman–Crippen MR) is 76.4 cm³/mol. The van der Waals surface area contributed by atoms with Crippen molar-refractivity contribution in [3.8, 4) is 11.8 Å². The van der Waals surface area contributed by atoms with Crippen molar-refractivity contribution in [1.29, 1.82) is 5.26 Å². The molecular formula is C16H14ClNO. The average molecular weight is 272 g/mol. The quantitative estimate of drug-likeness (QED) is 0.763. The van der Waals surface area contributed by atoms with Crippen molar-refractivity contribution in [2.24, 2.45) is 0 Å². The standard InChI is InChI=1S/C16H14ClNO/c17-15-9-8-14(12-18)16(11-15)19-10-4-7-13-5-2-1-3-6-13/h1-3,5-6,8-9,11H,4,7,10H2. The summed E-state index contributed by atoms with van der Waals surface area (Å²) in [5.74, 6) is 0.558. The van der Waals surface area contributed by atoms with Gasteiger partial charge in [0.1, 0.15) is 11.8 Å². The molecule has 0 N–H and O–H groups in total. The van der Waals surface area contributed by atoms with E-state index < -0.39 is 0 Å². The number of aryl methyl sites for hydroxylation is 1. The molecule has 0 aliphatic carbocycles. The molecule has 0 atom stereocenters. The molecule has 2 aromatic rings. The molecule has 2 nitrogen and oxygen atoms in total. The van der Waals surface area contributed by atoms with E-state index in [1.807, 2.05) is 18.2 Å². The van der Waals surface area contributed by atoms with Gasteiger partial charge >= 0.3 is 0 Å². The summed E-state index contributed by atoms with van der Waals surface area (Å²) in [6.45, 7) is 0.573. The summed E-state index contributed by atoms with van der Waals surface area (Å²) in [5, 5.41) is 9.55. The highest BCUT2D eigenvalue weighted by Crippen LogP contribution is 2.22. The van der Waals surface area contributed by atoms with Gasteiger partial charge in [-0.2, -0.15) is 5.26 Å². The Morgan fingerprint density at radius 3 is 2.63 bits per heavy atom. The van der Waals surface area contributed by atoms with E-state index in [9.17, 15) is 0 Å². The van der Waals surface area contributed by atoms with E-state index in [0.29, 0.717) is 22.9 Å². The van der Waals surface area contributed by atoms with Crippen LogP contribution in [0.4, 0.5) is 0 Å². The van der Waals surface area contributed by atoms with E-state index in [4.69, 9.17) is 21.6 Å². The minimum absolute atomic E-state index is 0.518. The van der Waals surface area contributed by atoms with Gasteiger partial charge in [0, 0.05) is 11.1 Å². The minimum Gasteiger partial charge on any atom is -0.492 e. The number of halogens is 1. The molecule has 0 saturated heterocycles. The van der Waals surface area contributed by atoms with Crippen LogP contribution < -0.4 is 4.74 Å². The first kappa shape index (κ1) is 13.5. The second kappa shape index (κ2) is 6.82. The Balaban J connectivity index is 1.86. The molecule has 2 aromatic carbocycles. The van der Waals surface area contributed by atoms with Gasteiger partial charge in [-0.3, -0.25) is 0 Å². The molecule has 0 amide bonds. The zero-order chi connectivity index (χ0) is 13.5. The van der Waals surface area contributed by atoms with Crippen LogP contribution in [0.3, 0.4) is 0 Å². The molecule has 0 unspecified atom stereocenters. The summed E-state index contributed by atoms with van der Waals surface area (Å²) in [5.41, 5.74) is 1.81. The van der Waals surface area contributed by atoms with Gasteiger partial charge in [0.2, 0.25) is 0 Å². The summed E-state index contributed by atoms with van der Waals surface area (Å²) in [6.07, 6.45) is 1.87. The molecule has 0 bridgehead atoms. The highest BCUT2D eigenvalue weighted by Gasteiger charge is 2.04. The van der Waals surface area contributed by atoms with Gasteiger partial charge in [-0.15, -0.1) is 0 Å². The first-order valence-corrected chi connectivity index (χ1v) is 6.54. The SMILES string of the molecule is N#Cc1ccc(Cl)cc1OCCCc1ccccc1. The van der Waals surface area contributed by atoms with Gasteiger partial charge in [-0.1, -0.05) is 41.9 Å². The summed E-state index contributed by atoms with van der Waals surface area (Å²) in [6, 6.07) is 17.4. The number of nitriles is 1. The Labute approximate surface area is 118 Å². The van der Waals surface area contributed by atoms with Crippen molar-refractivity contribution in [3.63, 3.8) is 0 Å². The molecule has 0 fully saturated rings. The molecule has 2 rings (SSSR count). The number of hydrogen-bond donors (Lipinski definition) is 0. The number of hydrogen-bond acceptors (Lipinski definition) is 2. The third-order valence-electron chi connectivity index (χ3n) is 2.77. The maximum absolute atomic E-state index is 8.97. The smallest absolute Gasteiger partial charge is 0.138 e. The van der Waals surface area contributed by atoms with Gasteiger partial charge in [0.25, 0.3) is 0 Å². The Hall–Kier alpha value is -1.98. The highest BCUT2D eigenvalue weighted by atomic mass is 35.5. The van der Waals surface area contributed by atoms with Crippen LogP contribution in [0.2, 0.25) is 5.02 Å². The van der Waals surface area contributed by atoms with E-state index in [2.05, 4.69) is 18.2 Å². The fraction of sp³-hybridized carbons (Fsp3) is 0.188. The Bertz CT molecular complexity index is 575. The van der Waals surface area contributed by atoms with Crippen LogP contribution >= 0.6 is 11.6 Å². The fourth-order valence-electron chi connectivity index (χ4n) is 1.81. The Morgan fingerprint density at radius 2 is 1.89 bits per heavy atom. The summed E-state index contributed by atoms with van der Waals surface area (Å²) >= 11 is 5.89. The van der Waals surface area contributed by atoms with E-state index in [0.717, 1.165) is 12.8 Å². The number of ether oxygens (including phenoxy) is 1. The van der Waals surface area contributed by atoms with Gasteiger partial charge < -0.3 is 4.74 Å². The van der Waals surface area contributed by atoms with Gasteiger partial charge in [0.05, 0.1) is 12.2 Å². The second-order valence-electron chi connectivity index (χ2n) is 4.19. The number of benzene rings is 2. The van der Waals surface area contributed by atoms with Crippen molar-refractivity contribution in [1.82, 2.24) is 0 Å². The molecule has 0 saturated carbocycles. The molecule has 0 aliphatic heterocycles. The first-order valence-electron chi connectivity index (χ1n) is 6.16. The normalized spacial score (nSPS) is 9.89. The predicted octanol–water partition coefficient (Wildman–Crippen LogP) is 4.22. The number of nitrogens with zero attached hydrogens (tertiary/aromatic N) is 1. The summed E-state index contributed by atoms with van der Waals surface area (Å²) in [4.78, 5) is 0. The van der Waals surface area contributed by atoms with Gasteiger partial charge in [-0.25, -0.2) is 0 Å². The molecule has 3 heteroatoms. The van der Waals surface area contributed by atoms with Crippen molar-refractivity contribution >= 4 is 11.6 Å². The Morgan fingerprint density at radius 1 is 1.11 bits per heavy atom. The Kier molecular flexibility index (Phi) is 4.83. The van der Waals surface area contributed by atoms with Crippen molar-refractivity contribution in [2.45, 2.75) is 12.8 Å². The lowest BCUT2D eigenvalue weighted by Gasteiger charge is -2.08. The molecule has 0 aromatic heterocycles. The zero-order valence-corrected chi connectivity index (χ0v) is 11.2. The summed E-state index contributed by atoms with van der Waals surface area (Å²) in [7, 11) is 0. The van der Waals surface area contributed by atoms with Crippen LogP contribution in [0.25, 0.3) is 0 Å². The van der Waals surface area contributed by atoms with Crippen LogP contribution in [0.1, 0.15) is 17.5 Å². The fourth-order valence-corrected chi connectivity index (χ4v) is 1.97. The maximum atomic E-state index is 8.97. The minimum atomic E-state index is 0.518. The second-order valence-corrected chi connectivity index (χ2v) is 4.63. The van der Waals surface area contributed by atoms with E-state index in [1.165, 1.54) is 5.56 Å². The van der Waals surface area contributed by atoms with Crippen LogP contribution in [0, 0.1) is 11.3 Å². The zero-order valence-electron chi connectivity index (χ0n) is 10.5. The van der Waals surface area contributed by atoms with Crippen LogP contribution in [0.15, 0.2) is 48.5 Å². The van der Waals surface area contributed by atoms with E-state index in [1.54, 1.807) is 18.2 Å². The molecule has 0 spiro atoms. The lowest BCUT2D eigenvalue weighted by atomic mass is 10.1. The topological polar surface area (TPSA) is 33.0 Å². The molecule has 96 valence electrons. The molecule has 0 aliphatic rings. The molecule has 0 radical (unpaired) electrons. The first-order chi connectivity index (χ1) is 9.29.